The van der Waals surface area contributed by atoms with Crippen LogP contribution in [0.15, 0.2) is 41.5 Å². The van der Waals surface area contributed by atoms with Crippen LogP contribution >= 0.6 is 0 Å². The Morgan fingerprint density at radius 2 is 1.39 bits per heavy atom. The predicted molar refractivity (Wildman–Crippen MR) is 126 cm³/mol. The molecule has 0 radical (unpaired) electrons. The molecule has 7 heteroatoms. The van der Waals surface area contributed by atoms with E-state index in [9.17, 15) is 14.4 Å². The number of carbonyl (C=O) groups excluding carboxylic acids is 3. The largest absolute Gasteiger partial charge is 0.497 e. The lowest BCUT2D eigenvalue weighted by molar-refractivity contribution is -0.153. The van der Waals surface area contributed by atoms with Gasteiger partial charge in [-0.2, -0.15) is 0 Å². The van der Waals surface area contributed by atoms with E-state index >= 15 is 0 Å². The van der Waals surface area contributed by atoms with Gasteiger partial charge in [0.15, 0.2) is 0 Å². The summed E-state index contributed by atoms with van der Waals surface area (Å²) in [4.78, 5) is 38.7. The average Bonchev–Trinajstić information content (AvgIpc) is 2.66. The Kier molecular flexibility index (Phi) is 7.78. The fourth-order valence-electron chi connectivity index (χ4n) is 3.54. The molecule has 1 aliphatic rings. The predicted octanol–water partition coefficient (Wildman–Crippen LogP) is 4.21. The summed E-state index contributed by atoms with van der Waals surface area (Å²) in [7, 11) is 1.57. The zero-order valence-electron chi connectivity index (χ0n) is 21.0. The van der Waals surface area contributed by atoms with E-state index in [0.717, 1.165) is 0 Å². The van der Waals surface area contributed by atoms with Gasteiger partial charge in [-0.05, 0) is 64.8 Å². The maximum Gasteiger partial charge on any atom is 0.339 e. The van der Waals surface area contributed by atoms with Crippen molar-refractivity contribution in [1.82, 2.24) is 5.32 Å². The first-order chi connectivity index (χ1) is 15.1. The molecule has 0 bridgehead atoms. The molecule has 0 spiro atoms. The summed E-state index contributed by atoms with van der Waals surface area (Å²) in [5, 5.41) is 2.88. The first-order valence-electron chi connectivity index (χ1n) is 11.0. The molecular weight excluding hydrogens is 422 g/mol. The Morgan fingerprint density at radius 3 is 1.85 bits per heavy atom. The molecule has 0 fully saturated rings. The number of hydrogen-bond donors (Lipinski definition) is 1. The summed E-state index contributed by atoms with van der Waals surface area (Å²) in [6.07, 6.45) is 1.79. The van der Waals surface area contributed by atoms with Crippen LogP contribution in [-0.4, -0.2) is 42.2 Å². The number of ether oxygens (including phenoxy) is 3. The van der Waals surface area contributed by atoms with E-state index in [4.69, 9.17) is 14.2 Å². The zero-order chi connectivity index (χ0) is 25.1. The first-order valence-corrected chi connectivity index (χ1v) is 11.0. The highest BCUT2D eigenvalue weighted by Crippen LogP contribution is 2.39. The highest BCUT2D eigenvalue weighted by Gasteiger charge is 2.40. The second kappa shape index (κ2) is 9.81. The normalized spacial score (nSPS) is 18.9. The zero-order valence-corrected chi connectivity index (χ0v) is 21.0. The molecule has 0 saturated carbocycles. The molecular formula is C26H35NO6. The van der Waals surface area contributed by atoms with Crippen molar-refractivity contribution in [3.8, 4) is 5.75 Å². The van der Waals surface area contributed by atoms with E-state index < -0.39 is 35.1 Å². The summed E-state index contributed by atoms with van der Waals surface area (Å²) in [5.74, 6) is -1.37. The van der Waals surface area contributed by atoms with Gasteiger partial charge in [-0.25, -0.2) is 9.59 Å². The van der Waals surface area contributed by atoms with Gasteiger partial charge < -0.3 is 19.5 Å². The van der Waals surface area contributed by atoms with Crippen molar-refractivity contribution in [3.63, 3.8) is 0 Å². The SMILES string of the molecule is COc1ccc(C2=C[C@H](NC(C)=O)[C@@H](C)C(C(=O)OC(C)(C)C)=C2C(=O)OC(C)(C)C)cc1. The molecule has 1 N–H and O–H groups in total. The molecule has 0 aliphatic heterocycles. The van der Waals surface area contributed by atoms with E-state index in [1.54, 1.807) is 85.9 Å². The summed E-state index contributed by atoms with van der Waals surface area (Å²) in [6, 6.07) is 6.60. The van der Waals surface area contributed by atoms with Crippen molar-refractivity contribution in [2.45, 2.75) is 72.6 Å². The Morgan fingerprint density at radius 1 is 0.879 bits per heavy atom. The number of hydrogen-bond acceptors (Lipinski definition) is 6. The van der Waals surface area contributed by atoms with Gasteiger partial charge in [0, 0.05) is 12.8 Å². The van der Waals surface area contributed by atoms with Crippen LogP contribution in [0.3, 0.4) is 0 Å². The lowest BCUT2D eigenvalue weighted by atomic mass is 9.78. The van der Waals surface area contributed by atoms with Gasteiger partial charge in [-0.15, -0.1) is 0 Å². The molecule has 2 atom stereocenters. The van der Waals surface area contributed by atoms with Crippen LogP contribution in [0.25, 0.3) is 5.57 Å². The molecule has 0 heterocycles. The van der Waals surface area contributed by atoms with Crippen LogP contribution in [0.5, 0.6) is 5.75 Å². The third kappa shape index (κ3) is 6.94. The van der Waals surface area contributed by atoms with Crippen molar-refractivity contribution >= 4 is 23.4 Å². The maximum atomic E-state index is 13.4. The van der Waals surface area contributed by atoms with Crippen LogP contribution in [-0.2, 0) is 23.9 Å². The van der Waals surface area contributed by atoms with E-state index in [1.807, 2.05) is 0 Å². The number of rotatable bonds is 5. The van der Waals surface area contributed by atoms with E-state index in [-0.39, 0.29) is 17.1 Å². The molecule has 1 aromatic rings. The van der Waals surface area contributed by atoms with Gasteiger partial charge in [-0.1, -0.05) is 25.1 Å². The van der Waals surface area contributed by atoms with Crippen molar-refractivity contribution in [1.29, 1.82) is 0 Å². The fourth-order valence-corrected chi connectivity index (χ4v) is 3.54. The minimum Gasteiger partial charge on any atom is -0.497 e. The smallest absolute Gasteiger partial charge is 0.339 e. The fraction of sp³-hybridized carbons (Fsp3) is 0.500. The van der Waals surface area contributed by atoms with Gasteiger partial charge in [0.05, 0.1) is 24.3 Å². The minimum atomic E-state index is -0.772. The van der Waals surface area contributed by atoms with E-state index in [1.165, 1.54) is 6.92 Å². The van der Waals surface area contributed by atoms with Crippen LogP contribution in [0.1, 0.15) is 61.0 Å². The molecule has 0 unspecified atom stereocenters. The lowest BCUT2D eigenvalue weighted by Crippen LogP contribution is -2.43. The Bertz CT molecular complexity index is 974. The second-order valence-electron chi connectivity index (χ2n) is 10.1. The van der Waals surface area contributed by atoms with Crippen LogP contribution < -0.4 is 10.1 Å². The summed E-state index contributed by atoms with van der Waals surface area (Å²) < 4.78 is 16.6. The molecule has 2 rings (SSSR count). The Balaban J connectivity index is 2.77. The lowest BCUT2D eigenvalue weighted by Gasteiger charge is -2.33. The van der Waals surface area contributed by atoms with Gasteiger partial charge in [0.25, 0.3) is 0 Å². The minimum absolute atomic E-state index is 0.137. The van der Waals surface area contributed by atoms with Gasteiger partial charge in [0.2, 0.25) is 5.91 Å². The van der Waals surface area contributed by atoms with E-state index in [0.29, 0.717) is 16.9 Å². The number of benzene rings is 1. The average molecular weight is 458 g/mol. The third-order valence-electron chi connectivity index (χ3n) is 4.87. The summed E-state index contributed by atoms with van der Waals surface area (Å²) in [5.41, 5.74) is -0.0612. The number of nitrogens with one attached hydrogen (secondary N) is 1. The highest BCUT2D eigenvalue weighted by atomic mass is 16.6. The molecule has 0 aromatic heterocycles. The van der Waals surface area contributed by atoms with Crippen LogP contribution in [0.2, 0.25) is 0 Å². The summed E-state index contributed by atoms with van der Waals surface area (Å²) >= 11 is 0. The molecule has 33 heavy (non-hydrogen) atoms. The molecule has 1 amide bonds. The van der Waals surface area contributed by atoms with Crippen molar-refractivity contribution < 1.29 is 28.6 Å². The summed E-state index contributed by atoms with van der Waals surface area (Å²) in [6.45, 7) is 13.8. The molecule has 1 aromatic carbocycles. The third-order valence-corrected chi connectivity index (χ3v) is 4.87. The molecule has 7 nitrogen and oxygen atoms in total. The van der Waals surface area contributed by atoms with Gasteiger partial charge in [0.1, 0.15) is 17.0 Å². The monoisotopic (exact) mass is 457 g/mol. The van der Waals surface area contributed by atoms with Crippen molar-refractivity contribution in [3.05, 3.63) is 47.1 Å². The molecule has 1 aliphatic carbocycles. The quantitative estimate of drug-likeness (QED) is 0.666. The number of amides is 1. The number of carbonyl (C=O) groups is 3. The van der Waals surface area contributed by atoms with Crippen LogP contribution in [0.4, 0.5) is 0 Å². The molecule has 0 saturated heterocycles. The van der Waals surface area contributed by atoms with Crippen molar-refractivity contribution in [2.24, 2.45) is 5.92 Å². The standard InChI is InChI=1S/C26H35NO6/c1-15-20(27-16(2)28)14-19(17-10-12-18(31-9)13-11-17)22(24(30)33-26(6,7)8)21(15)23(29)32-25(3,4)5/h10-15,20H,1-9H3,(H,27,28)/t15-,20+/m1/s1. The van der Waals surface area contributed by atoms with Gasteiger partial charge >= 0.3 is 11.9 Å². The van der Waals surface area contributed by atoms with Crippen LogP contribution in [0, 0.1) is 5.92 Å². The topological polar surface area (TPSA) is 90.9 Å². The van der Waals surface area contributed by atoms with E-state index in [2.05, 4.69) is 5.32 Å². The maximum absolute atomic E-state index is 13.4. The Hall–Kier alpha value is -3.09. The number of methoxy groups -OCH3 is 1. The molecule has 180 valence electrons. The van der Waals surface area contributed by atoms with Crippen molar-refractivity contribution in [2.75, 3.05) is 7.11 Å². The number of esters is 2. The first kappa shape index (κ1) is 26.2. The highest BCUT2D eigenvalue weighted by molar-refractivity contribution is 6.14. The Labute approximate surface area is 196 Å². The van der Waals surface area contributed by atoms with Gasteiger partial charge in [-0.3, -0.25) is 4.79 Å². The second-order valence-corrected chi connectivity index (χ2v) is 10.1.